The van der Waals surface area contributed by atoms with Gasteiger partial charge in [0.2, 0.25) is 0 Å². The minimum absolute atomic E-state index is 0.0347. The Kier molecular flexibility index (Phi) is 3.67. The monoisotopic (exact) mass is 247 g/mol. The summed E-state index contributed by atoms with van der Waals surface area (Å²) in [4.78, 5) is 2.48. The summed E-state index contributed by atoms with van der Waals surface area (Å²) in [6.45, 7) is 10.2. The van der Waals surface area contributed by atoms with Gasteiger partial charge in [-0.1, -0.05) is 17.7 Å². The molecule has 1 N–H and O–H groups in total. The van der Waals surface area contributed by atoms with Crippen molar-refractivity contribution in [2.75, 3.05) is 18.1 Å². The summed E-state index contributed by atoms with van der Waals surface area (Å²) in [7, 11) is 0. The number of benzene rings is 1. The molecule has 1 aliphatic rings. The number of nitrogens with zero attached hydrogens (tertiary/aromatic N) is 1. The molecule has 1 heterocycles. The SMILES string of the molecule is Cc1ccc(N2CCCC(CO)C2(C)C)c(C)c1. The van der Waals surface area contributed by atoms with Crippen molar-refractivity contribution in [2.24, 2.45) is 5.92 Å². The number of anilines is 1. The minimum Gasteiger partial charge on any atom is -0.396 e. The standard InChI is InChI=1S/C16H25NO/c1-12-7-8-15(13(2)10-12)17-9-5-6-14(11-18)16(17,3)4/h7-8,10,14,18H,5-6,9,11H2,1-4H3. The molecule has 0 bridgehead atoms. The highest BCUT2D eigenvalue weighted by Gasteiger charge is 2.38. The van der Waals surface area contributed by atoms with Crippen LogP contribution in [0.2, 0.25) is 0 Å². The predicted molar refractivity (Wildman–Crippen MR) is 77.2 cm³/mol. The van der Waals surface area contributed by atoms with Gasteiger partial charge < -0.3 is 10.0 Å². The van der Waals surface area contributed by atoms with Crippen molar-refractivity contribution in [2.45, 2.75) is 46.1 Å². The molecule has 0 radical (unpaired) electrons. The third-order valence-corrected chi connectivity index (χ3v) is 4.49. The van der Waals surface area contributed by atoms with Gasteiger partial charge in [0, 0.05) is 30.3 Å². The Bertz CT molecular complexity index is 425. The molecule has 0 aliphatic carbocycles. The van der Waals surface area contributed by atoms with Crippen molar-refractivity contribution in [3.05, 3.63) is 29.3 Å². The highest BCUT2D eigenvalue weighted by Crippen LogP contribution is 2.38. The third-order valence-electron chi connectivity index (χ3n) is 4.49. The van der Waals surface area contributed by atoms with Crippen molar-refractivity contribution in [3.8, 4) is 0 Å². The van der Waals surface area contributed by atoms with Crippen LogP contribution < -0.4 is 4.90 Å². The van der Waals surface area contributed by atoms with E-state index in [0.717, 1.165) is 13.0 Å². The molecule has 100 valence electrons. The van der Waals surface area contributed by atoms with E-state index in [1.807, 2.05) is 0 Å². The first kappa shape index (κ1) is 13.4. The fourth-order valence-electron chi connectivity index (χ4n) is 3.21. The van der Waals surface area contributed by atoms with Crippen LogP contribution in [0.4, 0.5) is 5.69 Å². The number of aryl methyl sites for hydroxylation is 2. The molecule has 1 fully saturated rings. The molecule has 2 nitrogen and oxygen atoms in total. The molecule has 0 saturated carbocycles. The molecular formula is C16H25NO. The normalized spacial score (nSPS) is 23.2. The predicted octanol–water partition coefficient (Wildman–Crippen LogP) is 3.29. The van der Waals surface area contributed by atoms with Crippen LogP contribution in [-0.2, 0) is 0 Å². The lowest BCUT2D eigenvalue weighted by molar-refractivity contribution is 0.135. The van der Waals surface area contributed by atoms with E-state index in [9.17, 15) is 5.11 Å². The van der Waals surface area contributed by atoms with Crippen molar-refractivity contribution in [1.29, 1.82) is 0 Å². The van der Waals surface area contributed by atoms with E-state index < -0.39 is 0 Å². The number of piperidine rings is 1. The molecule has 1 aromatic carbocycles. The van der Waals surface area contributed by atoms with Crippen molar-refractivity contribution < 1.29 is 5.11 Å². The maximum absolute atomic E-state index is 9.58. The highest BCUT2D eigenvalue weighted by atomic mass is 16.3. The molecule has 1 unspecified atom stereocenters. The molecule has 1 atom stereocenters. The van der Waals surface area contributed by atoms with Gasteiger partial charge in [0.1, 0.15) is 0 Å². The quantitative estimate of drug-likeness (QED) is 0.867. The summed E-state index contributed by atoms with van der Waals surface area (Å²) in [5, 5.41) is 9.58. The number of rotatable bonds is 2. The fourth-order valence-corrected chi connectivity index (χ4v) is 3.21. The first-order chi connectivity index (χ1) is 8.46. The third kappa shape index (κ3) is 2.26. The van der Waals surface area contributed by atoms with E-state index in [0.29, 0.717) is 5.92 Å². The number of hydrogen-bond donors (Lipinski definition) is 1. The van der Waals surface area contributed by atoms with Crippen LogP contribution in [0.1, 0.15) is 37.8 Å². The summed E-state index contributed by atoms with van der Waals surface area (Å²) >= 11 is 0. The van der Waals surface area contributed by atoms with Gasteiger partial charge in [-0.3, -0.25) is 0 Å². The zero-order valence-electron chi connectivity index (χ0n) is 12.0. The van der Waals surface area contributed by atoms with Crippen LogP contribution in [-0.4, -0.2) is 23.8 Å². The molecule has 1 aliphatic heterocycles. The first-order valence-electron chi connectivity index (χ1n) is 6.92. The van der Waals surface area contributed by atoms with E-state index >= 15 is 0 Å². The summed E-state index contributed by atoms with van der Waals surface area (Å²) in [5.41, 5.74) is 4.00. The lowest BCUT2D eigenvalue weighted by Gasteiger charge is -2.49. The van der Waals surface area contributed by atoms with Gasteiger partial charge >= 0.3 is 0 Å². The molecule has 0 spiro atoms. The molecule has 1 saturated heterocycles. The van der Waals surface area contributed by atoms with E-state index in [4.69, 9.17) is 0 Å². The van der Waals surface area contributed by atoms with Crippen LogP contribution in [0.3, 0.4) is 0 Å². The van der Waals surface area contributed by atoms with Crippen molar-refractivity contribution in [3.63, 3.8) is 0 Å². The number of hydrogen-bond acceptors (Lipinski definition) is 2. The van der Waals surface area contributed by atoms with Crippen molar-refractivity contribution >= 4 is 5.69 Å². The first-order valence-corrected chi connectivity index (χ1v) is 6.92. The Morgan fingerprint density at radius 2 is 2.06 bits per heavy atom. The maximum Gasteiger partial charge on any atom is 0.0481 e. The second kappa shape index (κ2) is 4.93. The Labute approximate surface area is 111 Å². The Balaban J connectivity index is 2.36. The van der Waals surface area contributed by atoms with Crippen LogP contribution in [0.25, 0.3) is 0 Å². The van der Waals surface area contributed by atoms with Gasteiger partial charge in [0.25, 0.3) is 0 Å². The zero-order chi connectivity index (χ0) is 13.3. The van der Waals surface area contributed by atoms with Gasteiger partial charge in [-0.05, 0) is 52.2 Å². The summed E-state index contributed by atoms with van der Waals surface area (Å²) in [5.74, 6) is 0.368. The number of aliphatic hydroxyl groups excluding tert-OH is 1. The maximum atomic E-state index is 9.58. The lowest BCUT2D eigenvalue weighted by Crippen LogP contribution is -2.54. The molecule has 0 amide bonds. The van der Waals surface area contributed by atoms with Crippen molar-refractivity contribution in [1.82, 2.24) is 0 Å². The van der Waals surface area contributed by atoms with Gasteiger partial charge in [-0.15, -0.1) is 0 Å². The topological polar surface area (TPSA) is 23.5 Å². The van der Waals surface area contributed by atoms with Gasteiger partial charge in [-0.2, -0.15) is 0 Å². The van der Waals surface area contributed by atoms with Crippen LogP contribution in [0, 0.1) is 19.8 Å². The lowest BCUT2D eigenvalue weighted by atomic mass is 9.79. The molecule has 18 heavy (non-hydrogen) atoms. The Hall–Kier alpha value is -1.02. The number of aliphatic hydroxyl groups is 1. The summed E-state index contributed by atoms with van der Waals surface area (Å²) < 4.78 is 0. The summed E-state index contributed by atoms with van der Waals surface area (Å²) in [6, 6.07) is 6.65. The molecule has 0 aromatic heterocycles. The average molecular weight is 247 g/mol. The Morgan fingerprint density at radius 1 is 1.33 bits per heavy atom. The minimum atomic E-state index is 0.0347. The largest absolute Gasteiger partial charge is 0.396 e. The molecule has 1 aromatic rings. The van der Waals surface area contributed by atoms with E-state index in [2.05, 4.69) is 50.8 Å². The van der Waals surface area contributed by atoms with E-state index in [1.165, 1.54) is 23.2 Å². The van der Waals surface area contributed by atoms with Crippen LogP contribution >= 0.6 is 0 Å². The molecule has 2 rings (SSSR count). The second-order valence-corrected chi connectivity index (χ2v) is 6.12. The van der Waals surface area contributed by atoms with Crippen LogP contribution in [0.5, 0.6) is 0 Å². The van der Waals surface area contributed by atoms with Gasteiger partial charge in [0.15, 0.2) is 0 Å². The Morgan fingerprint density at radius 3 is 2.67 bits per heavy atom. The fraction of sp³-hybridized carbons (Fsp3) is 0.625. The van der Waals surface area contributed by atoms with Crippen LogP contribution in [0.15, 0.2) is 18.2 Å². The molecular weight excluding hydrogens is 222 g/mol. The van der Waals surface area contributed by atoms with Gasteiger partial charge in [-0.25, -0.2) is 0 Å². The van der Waals surface area contributed by atoms with E-state index in [-0.39, 0.29) is 12.1 Å². The van der Waals surface area contributed by atoms with Gasteiger partial charge in [0.05, 0.1) is 0 Å². The van der Waals surface area contributed by atoms with E-state index in [1.54, 1.807) is 0 Å². The summed E-state index contributed by atoms with van der Waals surface area (Å²) in [6.07, 6.45) is 2.30. The zero-order valence-corrected chi connectivity index (χ0v) is 12.0. The smallest absolute Gasteiger partial charge is 0.0481 e. The molecule has 2 heteroatoms. The highest BCUT2D eigenvalue weighted by molar-refractivity contribution is 5.56. The average Bonchev–Trinajstić information content (AvgIpc) is 2.29. The second-order valence-electron chi connectivity index (χ2n) is 6.12.